The summed E-state index contributed by atoms with van der Waals surface area (Å²) in [6.45, 7) is 0. The van der Waals surface area contributed by atoms with Gasteiger partial charge in [-0.3, -0.25) is 4.79 Å². The zero-order valence-corrected chi connectivity index (χ0v) is 11.3. The molecule has 1 aliphatic carbocycles. The molecular formula is C15H16N2O3. The fraction of sp³-hybridized carbons (Fsp3) is 0.333. The van der Waals surface area contributed by atoms with Crippen LogP contribution in [0.2, 0.25) is 0 Å². The molecule has 0 fully saturated rings. The summed E-state index contributed by atoms with van der Waals surface area (Å²) in [4.78, 5) is 19.4. The molecule has 0 saturated carbocycles. The van der Waals surface area contributed by atoms with Gasteiger partial charge in [0.05, 0.1) is 12.8 Å². The summed E-state index contributed by atoms with van der Waals surface area (Å²) in [7, 11) is 1.49. The largest absolute Gasteiger partial charge is 0.504 e. The lowest BCUT2D eigenvalue weighted by Crippen LogP contribution is -2.21. The summed E-state index contributed by atoms with van der Waals surface area (Å²) in [5.74, 6) is 0.924. The van der Waals surface area contributed by atoms with E-state index in [0.29, 0.717) is 17.1 Å². The molecule has 5 heteroatoms. The first-order valence-corrected chi connectivity index (χ1v) is 6.68. The second-order valence-corrected chi connectivity index (χ2v) is 4.93. The predicted molar refractivity (Wildman–Crippen MR) is 75.2 cm³/mol. The van der Waals surface area contributed by atoms with Crippen molar-refractivity contribution in [3.8, 4) is 22.9 Å². The summed E-state index contributed by atoms with van der Waals surface area (Å²) in [6.07, 6.45) is 3.75. The van der Waals surface area contributed by atoms with E-state index in [1.807, 2.05) is 0 Å². The second-order valence-electron chi connectivity index (χ2n) is 4.93. The highest BCUT2D eigenvalue weighted by atomic mass is 16.5. The van der Waals surface area contributed by atoms with E-state index >= 15 is 0 Å². The Labute approximate surface area is 116 Å². The van der Waals surface area contributed by atoms with Gasteiger partial charge in [-0.2, -0.15) is 0 Å². The molecule has 0 amide bonds. The van der Waals surface area contributed by atoms with Crippen LogP contribution in [0.1, 0.15) is 24.1 Å². The van der Waals surface area contributed by atoms with Gasteiger partial charge in [-0.1, -0.05) is 0 Å². The van der Waals surface area contributed by atoms with Crippen LogP contribution in [0.3, 0.4) is 0 Å². The molecular weight excluding hydrogens is 256 g/mol. The van der Waals surface area contributed by atoms with Crippen LogP contribution < -0.4 is 10.3 Å². The van der Waals surface area contributed by atoms with Gasteiger partial charge in [0.15, 0.2) is 11.5 Å². The van der Waals surface area contributed by atoms with Gasteiger partial charge in [-0.15, -0.1) is 0 Å². The van der Waals surface area contributed by atoms with Crippen molar-refractivity contribution in [2.45, 2.75) is 25.7 Å². The van der Waals surface area contributed by atoms with Crippen molar-refractivity contribution in [3.05, 3.63) is 39.8 Å². The smallest absolute Gasteiger partial charge is 0.254 e. The summed E-state index contributed by atoms with van der Waals surface area (Å²) >= 11 is 0. The van der Waals surface area contributed by atoms with Gasteiger partial charge >= 0.3 is 0 Å². The van der Waals surface area contributed by atoms with Crippen LogP contribution in [0, 0.1) is 0 Å². The number of ether oxygens (including phenoxy) is 1. The van der Waals surface area contributed by atoms with Crippen molar-refractivity contribution in [1.29, 1.82) is 0 Å². The normalized spacial score (nSPS) is 13.8. The zero-order valence-electron chi connectivity index (χ0n) is 11.3. The molecule has 20 heavy (non-hydrogen) atoms. The van der Waals surface area contributed by atoms with Gasteiger partial charge in [0.2, 0.25) is 0 Å². The molecule has 1 aliphatic rings. The first-order valence-electron chi connectivity index (χ1n) is 6.68. The number of aromatic hydroxyl groups is 1. The number of H-pyrrole nitrogens is 1. The van der Waals surface area contributed by atoms with Crippen LogP contribution in [0.5, 0.6) is 11.5 Å². The highest BCUT2D eigenvalue weighted by molar-refractivity contribution is 5.61. The van der Waals surface area contributed by atoms with Gasteiger partial charge in [-0.05, 0) is 43.9 Å². The monoisotopic (exact) mass is 272 g/mol. The molecule has 0 atom stereocenters. The lowest BCUT2D eigenvalue weighted by molar-refractivity contribution is 0.373. The van der Waals surface area contributed by atoms with Crippen LogP contribution in [0.15, 0.2) is 23.0 Å². The summed E-state index contributed by atoms with van der Waals surface area (Å²) in [6, 6.07) is 4.97. The Morgan fingerprint density at radius 3 is 2.85 bits per heavy atom. The van der Waals surface area contributed by atoms with Gasteiger partial charge in [-0.25, -0.2) is 4.98 Å². The topological polar surface area (TPSA) is 75.2 Å². The number of benzene rings is 1. The van der Waals surface area contributed by atoms with E-state index in [4.69, 9.17) is 4.74 Å². The van der Waals surface area contributed by atoms with E-state index in [9.17, 15) is 9.90 Å². The molecule has 1 heterocycles. The average Bonchev–Trinajstić information content (AvgIpc) is 2.47. The third-order valence-electron chi connectivity index (χ3n) is 3.64. The average molecular weight is 272 g/mol. The number of phenols is 1. The van der Waals surface area contributed by atoms with Crippen molar-refractivity contribution in [3.63, 3.8) is 0 Å². The number of fused-ring (bicyclic) bond motifs is 1. The molecule has 2 aromatic rings. The van der Waals surface area contributed by atoms with Crippen molar-refractivity contribution in [1.82, 2.24) is 9.97 Å². The van der Waals surface area contributed by atoms with Gasteiger partial charge < -0.3 is 14.8 Å². The van der Waals surface area contributed by atoms with Gasteiger partial charge in [0.1, 0.15) is 5.82 Å². The number of methoxy groups -OCH3 is 1. The fourth-order valence-corrected chi connectivity index (χ4v) is 2.58. The third kappa shape index (κ3) is 2.15. The maximum Gasteiger partial charge on any atom is 0.254 e. The molecule has 1 aromatic heterocycles. The standard InChI is InChI=1S/C15H16N2O3/c1-20-13-7-6-9(8-12(13)18)14-16-11-5-3-2-4-10(11)15(19)17-14/h6-8,18H,2-5H2,1H3,(H,16,17,19). The van der Waals surface area contributed by atoms with E-state index < -0.39 is 0 Å². The Morgan fingerprint density at radius 1 is 1.30 bits per heavy atom. The van der Waals surface area contributed by atoms with Gasteiger partial charge in [0.25, 0.3) is 5.56 Å². The Morgan fingerprint density at radius 2 is 2.10 bits per heavy atom. The number of aromatic nitrogens is 2. The Balaban J connectivity index is 2.08. The molecule has 2 N–H and O–H groups in total. The molecule has 3 rings (SSSR count). The predicted octanol–water partition coefficient (Wildman–Crippen LogP) is 2.03. The van der Waals surface area contributed by atoms with E-state index in [2.05, 4.69) is 9.97 Å². The van der Waals surface area contributed by atoms with Crippen molar-refractivity contribution in [2.24, 2.45) is 0 Å². The molecule has 0 radical (unpaired) electrons. The van der Waals surface area contributed by atoms with E-state index in [0.717, 1.165) is 36.9 Å². The van der Waals surface area contributed by atoms with Crippen LogP contribution in [0.4, 0.5) is 0 Å². The molecule has 0 aliphatic heterocycles. The van der Waals surface area contributed by atoms with Crippen molar-refractivity contribution in [2.75, 3.05) is 7.11 Å². The lowest BCUT2D eigenvalue weighted by Gasteiger charge is -2.14. The van der Waals surface area contributed by atoms with E-state index in [1.54, 1.807) is 18.2 Å². The minimum absolute atomic E-state index is 0.0327. The minimum atomic E-state index is -0.0694. The number of hydrogen-bond donors (Lipinski definition) is 2. The molecule has 104 valence electrons. The SMILES string of the molecule is COc1ccc(-c2nc3c(c(=O)[nH]2)CCCC3)cc1O. The number of nitrogens with one attached hydrogen (secondary N) is 1. The van der Waals surface area contributed by atoms with Crippen LogP contribution in [-0.4, -0.2) is 22.2 Å². The Hall–Kier alpha value is -2.30. The zero-order chi connectivity index (χ0) is 14.1. The Kier molecular flexibility index (Phi) is 3.18. The molecule has 0 bridgehead atoms. The minimum Gasteiger partial charge on any atom is -0.504 e. The molecule has 5 nitrogen and oxygen atoms in total. The van der Waals surface area contributed by atoms with Crippen LogP contribution in [-0.2, 0) is 12.8 Å². The number of aromatic amines is 1. The van der Waals surface area contributed by atoms with Crippen LogP contribution in [0.25, 0.3) is 11.4 Å². The molecule has 1 aromatic carbocycles. The highest BCUT2D eigenvalue weighted by Gasteiger charge is 2.16. The molecule has 0 saturated heterocycles. The third-order valence-corrected chi connectivity index (χ3v) is 3.64. The quantitative estimate of drug-likeness (QED) is 0.877. The summed E-state index contributed by atoms with van der Waals surface area (Å²) in [5.41, 5.74) is 2.29. The van der Waals surface area contributed by atoms with E-state index in [-0.39, 0.29) is 11.3 Å². The summed E-state index contributed by atoms with van der Waals surface area (Å²) < 4.78 is 5.01. The molecule has 0 spiro atoms. The summed E-state index contributed by atoms with van der Waals surface area (Å²) in [5, 5.41) is 9.82. The van der Waals surface area contributed by atoms with Crippen molar-refractivity contribution >= 4 is 0 Å². The van der Waals surface area contributed by atoms with E-state index in [1.165, 1.54) is 7.11 Å². The maximum atomic E-state index is 12.1. The first kappa shape index (κ1) is 12.7. The molecule has 0 unspecified atom stereocenters. The van der Waals surface area contributed by atoms with Gasteiger partial charge in [0, 0.05) is 11.1 Å². The lowest BCUT2D eigenvalue weighted by atomic mass is 9.97. The number of phenolic OH excluding ortho intramolecular Hbond substituents is 1. The number of aryl methyl sites for hydroxylation is 1. The number of nitrogens with zero attached hydrogens (tertiary/aromatic N) is 1. The second kappa shape index (κ2) is 5.00. The maximum absolute atomic E-state index is 12.1. The van der Waals surface area contributed by atoms with Crippen molar-refractivity contribution < 1.29 is 9.84 Å². The Bertz CT molecular complexity index is 707. The number of hydrogen-bond acceptors (Lipinski definition) is 4. The highest BCUT2D eigenvalue weighted by Crippen LogP contribution is 2.30. The van der Waals surface area contributed by atoms with Crippen LogP contribution >= 0.6 is 0 Å². The number of rotatable bonds is 2. The fourth-order valence-electron chi connectivity index (χ4n) is 2.58. The first-order chi connectivity index (χ1) is 9.69.